The number of carbonyl (C=O) groups is 2. The highest BCUT2D eigenvalue weighted by molar-refractivity contribution is 8.02. The van der Waals surface area contributed by atoms with Gasteiger partial charge in [-0.15, -0.1) is 10.2 Å². The van der Waals surface area contributed by atoms with E-state index in [2.05, 4.69) is 20.8 Å². The van der Waals surface area contributed by atoms with Crippen molar-refractivity contribution in [3.8, 4) is 5.75 Å². The van der Waals surface area contributed by atoms with E-state index in [1.165, 1.54) is 23.1 Å². The molecule has 8 nitrogen and oxygen atoms in total. The molecular weight excluding hydrogens is 362 g/mol. The summed E-state index contributed by atoms with van der Waals surface area (Å²) in [5.41, 5.74) is 5.83. The van der Waals surface area contributed by atoms with Crippen molar-refractivity contribution in [1.29, 1.82) is 0 Å². The number of primary amides is 1. The lowest BCUT2D eigenvalue weighted by molar-refractivity contribution is -0.120. The maximum atomic E-state index is 12.1. The number of amides is 3. The molecule has 4 N–H and O–H groups in total. The predicted octanol–water partition coefficient (Wildman–Crippen LogP) is 2.60. The van der Waals surface area contributed by atoms with Crippen molar-refractivity contribution < 1.29 is 14.3 Å². The van der Waals surface area contributed by atoms with E-state index in [4.69, 9.17) is 10.5 Å². The zero-order valence-corrected chi connectivity index (χ0v) is 15.6. The molecule has 1 atom stereocenters. The fourth-order valence-corrected chi connectivity index (χ4v) is 3.91. The lowest BCUT2D eigenvalue weighted by Gasteiger charge is -2.16. The monoisotopic (exact) mass is 381 g/mol. The van der Waals surface area contributed by atoms with Gasteiger partial charge in [0.15, 0.2) is 4.34 Å². The van der Waals surface area contributed by atoms with Gasteiger partial charge in [-0.3, -0.25) is 10.1 Å². The van der Waals surface area contributed by atoms with Crippen LogP contribution < -0.4 is 21.1 Å². The van der Waals surface area contributed by atoms with Crippen molar-refractivity contribution in [2.24, 2.45) is 11.7 Å². The molecule has 0 aliphatic rings. The molecule has 0 fully saturated rings. The average molecular weight is 381 g/mol. The first-order chi connectivity index (χ1) is 11.9. The van der Waals surface area contributed by atoms with Crippen LogP contribution in [0.2, 0.25) is 0 Å². The Morgan fingerprint density at radius 3 is 2.72 bits per heavy atom. The van der Waals surface area contributed by atoms with Gasteiger partial charge in [-0.2, -0.15) is 0 Å². The summed E-state index contributed by atoms with van der Waals surface area (Å²) in [6.45, 7) is 3.77. The summed E-state index contributed by atoms with van der Waals surface area (Å²) in [7, 11) is 1.60. The molecule has 0 aliphatic carbocycles. The van der Waals surface area contributed by atoms with Gasteiger partial charge in [-0.25, -0.2) is 4.79 Å². The average Bonchev–Trinajstić information content (AvgIpc) is 2.99. The number of carbonyl (C=O) groups excluding carboxylic acids is 2. The number of rotatable bonds is 7. The number of ether oxygens (including phenoxy) is 1. The summed E-state index contributed by atoms with van der Waals surface area (Å²) in [6.07, 6.45) is 0. The lowest BCUT2D eigenvalue weighted by atomic mass is 10.1. The number of nitrogens with one attached hydrogen (secondary N) is 2. The summed E-state index contributed by atoms with van der Waals surface area (Å²) in [5.74, 6) is 0.278. The van der Waals surface area contributed by atoms with Crippen LogP contribution in [0.4, 0.5) is 15.6 Å². The van der Waals surface area contributed by atoms with Crippen molar-refractivity contribution in [3.05, 3.63) is 24.3 Å². The molecule has 134 valence electrons. The fourth-order valence-electron chi connectivity index (χ4n) is 1.93. The zero-order valence-electron chi connectivity index (χ0n) is 14.0. The fraction of sp³-hybridized carbons (Fsp3) is 0.333. The standard InChI is InChI=1S/C15H19N5O3S2/c1-8(2)11(12(21)18-13(16)22)24-15-20-19-14(25-15)17-9-5-4-6-10(7-9)23-3/h4-8,11H,1-3H3,(H,17,19)(H3,16,18,21,22)/t11-/m1/s1. The number of thioether (sulfide) groups is 1. The van der Waals surface area contributed by atoms with Crippen LogP contribution in [0.5, 0.6) is 5.75 Å². The molecule has 2 rings (SSSR count). The molecule has 0 bridgehead atoms. The molecule has 25 heavy (non-hydrogen) atoms. The number of benzene rings is 1. The molecule has 2 aromatic rings. The van der Waals surface area contributed by atoms with Crippen LogP contribution in [-0.2, 0) is 4.79 Å². The van der Waals surface area contributed by atoms with Crippen LogP contribution in [0.1, 0.15) is 13.8 Å². The maximum Gasteiger partial charge on any atom is 0.318 e. The Morgan fingerprint density at radius 2 is 2.08 bits per heavy atom. The van der Waals surface area contributed by atoms with E-state index in [-0.39, 0.29) is 5.92 Å². The zero-order chi connectivity index (χ0) is 18.4. The van der Waals surface area contributed by atoms with E-state index >= 15 is 0 Å². The second-order valence-electron chi connectivity index (χ2n) is 5.37. The molecule has 10 heteroatoms. The van der Waals surface area contributed by atoms with Gasteiger partial charge in [-0.1, -0.05) is 43.0 Å². The summed E-state index contributed by atoms with van der Waals surface area (Å²) in [6, 6.07) is 6.56. The Balaban J connectivity index is 2.06. The minimum atomic E-state index is -0.867. The van der Waals surface area contributed by atoms with Crippen LogP contribution in [0.3, 0.4) is 0 Å². The highest BCUT2D eigenvalue weighted by Gasteiger charge is 2.26. The highest BCUT2D eigenvalue weighted by atomic mass is 32.2. The largest absolute Gasteiger partial charge is 0.497 e. The van der Waals surface area contributed by atoms with E-state index in [0.29, 0.717) is 9.47 Å². The Morgan fingerprint density at radius 1 is 1.32 bits per heavy atom. The minimum Gasteiger partial charge on any atom is -0.497 e. The number of anilines is 2. The normalized spacial score (nSPS) is 11.8. The first-order valence-corrected chi connectivity index (χ1v) is 9.10. The van der Waals surface area contributed by atoms with Crippen molar-refractivity contribution in [2.75, 3.05) is 12.4 Å². The van der Waals surface area contributed by atoms with Crippen LogP contribution in [0.25, 0.3) is 0 Å². The van der Waals surface area contributed by atoms with Crippen LogP contribution in [0.15, 0.2) is 28.6 Å². The molecule has 1 aromatic heterocycles. The second-order valence-corrected chi connectivity index (χ2v) is 7.73. The Labute approximate surface area is 153 Å². The number of hydrogen-bond donors (Lipinski definition) is 3. The summed E-state index contributed by atoms with van der Waals surface area (Å²) in [4.78, 5) is 22.9. The second kappa shape index (κ2) is 8.67. The predicted molar refractivity (Wildman–Crippen MR) is 98.4 cm³/mol. The number of hydrogen-bond acceptors (Lipinski definition) is 8. The summed E-state index contributed by atoms with van der Waals surface area (Å²) in [5, 5.41) is 13.5. The van der Waals surface area contributed by atoms with E-state index in [1.54, 1.807) is 7.11 Å². The third-order valence-electron chi connectivity index (χ3n) is 3.07. The van der Waals surface area contributed by atoms with Gasteiger partial charge in [0.2, 0.25) is 11.0 Å². The van der Waals surface area contributed by atoms with E-state index < -0.39 is 17.2 Å². The van der Waals surface area contributed by atoms with E-state index in [1.807, 2.05) is 38.1 Å². The Kier molecular flexibility index (Phi) is 6.59. The van der Waals surface area contributed by atoms with Crippen LogP contribution in [-0.4, -0.2) is 34.5 Å². The van der Waals surface area contributed by atoms with E-state index in [0.717, 1.165) is 11.4 Å². The summed E-state index contributed by atoms with van der Waals surface area (Å²) >= 11 is 2.56. The number of imide groups is 1. The highest BCUT2D eigenvalue weighted by Crippen LogP contribution is 2.33. The first kappa shape index (κ1) is 19.0. The van der Waals surface area contributed by atoms with Gasteiger partial charge in [0, 0.05) is 11.8 Å². The minimum absolute atomic E-state index is 0.0111. The van der Waals surface area contributed by atoms with Crippen molar-refractivity contribution >= 4 is 45.9 Å². The van der Waals surface area contributed by atoms with Gasteiger partial charge in [0.1, 0.15) is 5.75 Å². The third kappa shape index (κ3) is 5.61. The van der Waals surface area contributed by atoms with Gasteiger partial charge < -0.3 is 15.8 Å². The number of methoxy groups -OCH3 is 1. The maximum absolute atomic E-state index is 12.1. The Hall–Kier alpha value is -2.33. The molecular formula is C15H19N5O3S2. The number of nitrogens with zero attached hydrogens (tertiary/aromatic N) is 2. The molecule has 3 amide bonds. The Bertz CT molecular complexity index is 750. The number of aromatic nitrogens is 2. The van der Waals surface area contributed by atoms with Gasteiger partial charge in [-0.05, 0) is 18.1 Å². The van der Waals surface area contributed by atoms with Crippen molar-refractivity contribution in [3.63, 3.8) is 0 Å². The number of urea groups is 1. The third-order valence-corrected chi connectivity index (χ3v) is 5.53. The molecule has 0 saturated carbocycles. The molecule has 0 unspecified atom stereocenters. The molecule has 0 saturated heterocycles. The van der Waals surface area contributed by atoms with E-state index in [9.17, 15) is 9.59 Å². The van der Waals surface area contributed by atoms with Crippen molar-refractivity contribution in [2.45, 2.75) is 23.4 Å². The van der Waals surface area contributed by atoms with Crippen LogP contribution in [0, 0.1) is 5.92 Å². The van der Waals surface area contributed by atoms with Gasteiger partial charge in [0.05, 0.1) is 12.4 Å². The molecule has 0 spiro atoms. The number of nitrogens with two attached hydrogens (primary N) is 1. The first-order valence-electron chi connectivity index (χ1n) is 7.40. The molecule has 1 heterocycles. The molecule has 0 radical (unpaired) electrons. The topological polar surface area (TPSA) is 119 Å². The quantitative estimate of drug-likeness (QED) is 0.631. The smallest absolute Gasteiger partial charge is 0.318 e. The van der Waals surface area contributed by atoms with Gasteiger partial charge in [0.25, 0.3) is 0 Å². The molecule has 0 aliphatic heterocycles. The SMILES string of the molecule is COc1cccc(Nc2nnc(S[C@@H](C(=O)NC(N)=O)C(C)C)s2)c1. The van der Waals surface area contributed by atoms with Crippen LogP contribution >= 0.6 is 23.1 Å². The van der Waals surface area contributed by atoms with Gasteiger partial charge >= 0.3 is 6.03 Å². The van der Waals surface area contributed by atoms with Crippen molar-refractivity contribution in [1.82, 2.24) is 15.5 Å². The summed E-state index contributed by atoms with van der Waals surface area (Å²) < 4.78 is 5.79. The molecule has 1 aromatic carbocycles. The lowest BCUT2D eigenvalue weighted by Crippen LogP contribution is -2.42.